The molecule has 0 bridgehead atoms. The Hall–Kier alpha value is -3.33. The number of aryl methyl sites for hydroxylation is 2. The van der Waals surface area contributed by atoms with Crippen LogP contribution >= 0.6 is 0 Å². The quantitative estimate of drug-likeness (QED) is 0.316. The zero-order chi connectivity index (χ0) is 23.6. The number of anilines is 4. The summed E-state index contributed by atoms with van der Waals surface area (Å²) in [7, 11) is 0. The van der Waals surface area contributed by atoms with E-state index in [9.17, 15) is 0 Å². The molecule has 0 spiro atoms. The normalized spacial score (nSPS) is 12.5. The monoisotopic (exact) mass is 437 g/mol. The summed E-state index contributed by atoms with van der Waals surface area (Å²) in [6.07, 6.45) is 1.05. The molecule has 0 amide bonds. The Morgan fingerprint density at radius 1 is 0.788 bits per heavy atom. The highest BCUT2D eigenvalue weighted by molar-refractivity contribution is 5.98. The van der Waals surface area contributed by atoms with Crippen molar-refractivity contribution in [3.05, 3.63) is 89.5 Å². The number of rotatable bonds is 6. The van der Waals surface area contributed by atoms with Crippen LogP contribution in [0.4, 0.5) is 22.9 Å². The van der Waals surface area contributed by atoms with Crippen molar-refractivity contribution >= 4 is 33.8 Å². The van der Waals surface area contributed by atoms with Crippen molar-refractivity contribution in [1.82, 2.24) is 4.98 Å². The number of hydrogen-bond donors (Lipinski definition) is 2. The van der Waals surface area contributed by atoms with E-state index in [4.69, 9.17) is 4.98 Å². The molecule has 1 atom stereocenters. The number of hydrogen-bond acceptors (Lipinski definition) is 3. The minimum absolute atomic E-state index is 0.201. The topological polar surface area (TPSA) is 37.0 Å². The van der Waals surface area contributed by atoms with Crippen LogP contribution in [0.2, 0.25) is 0 Å². The summed E-state index contributed by atoms with van der Waals surface area (Å²) in [4.78, 5) is 5.13. The van der Waals surface area contributed by atoms with E-state index in [0.717, 1.165) is 40.2 Å². The maximum atomic E-state index is 5.13. The zero-order valence-electron chi connectivity index (χ0n) is 20.7. The van der Waals surface area contributed by atoms with E-state index in [1.807, 2.05) is 6.07 Å². The minimum atomic E-state index is 0.201. The highest BCUT2D eigenvalue weighted by Crippen LogP contribution is 2.43. The molecule has 0 fully saturated rings. The zero-order valence-corrected chi connectivity index (χ0v) is 20.7. The molecule has 0 aliphatic rings. The van der Waals surface area contributed by atoms with Gasteiger partial charge in [-0.3, -0.25) is 0 Å². The van der Waals surface area contributed by atoms with Crippen molar-refractivity contribution in [1.29, 1.82) is 0 Å². The summed E-state index contributed by atoms with van der Waals surface area (Å²) in [5.74, 6) is 1.23. The molecule has 4 rings (SSSR count). The number of para-hydroxylation sites is 1. The van der Waals surface area contributed by atoms with Gasteiger partial charge in [0.2, 0.25) is 0 Å². The van der Waals surface area contributed by atoms with Crippen molar-refractivity contribution < 1.29 is 0 Å². The van der Waals surface area contributed by atoms with E-state index < -0.39 is 0 Å². The number of nitrogens with one attached hydrogen (secondary N) is 2. The largest absolute Gasteiger partial charge is 0.355 e. The molecule has 1 unspecified atom stereocenters. The maximum absolute atomic E-state index is 5.13. The Bertz CT molecular complexity index is 1240. The van der Waals surface area contributed by atoms with Crippen molar-refractivity contribution in [3.8, 4) is 0 Å². The van der Waals surface area contributed by atoms with Gasteiger partial charge < -0.3 is 10.6 Å². The molecule has 0 saturated carbocycles. The fourth-order valence-electron chi connectivity index (χ4n) is 4.56. The van der Waals surface area contributed by atoms with Crippen LogP contribution in [0.3, 0.4) is 0 Å². The Kier molecular flexibility index (Phi) is 6.42. The molecule has 3 nitrogen and oxygen atoms in total. The van der Waals surface area contributed by atoms with Crippen molar-refractivity contribution in [2.24, 2.45) is 5.41 Å². The summed E-state index contributed by atoms with van der Waals surface area (Å²) in [5, 5.41) is 8.57. The Morgan fingerprint density at radius 2 is 1.42 bits per heavy atom. The highest BCUT2D eigenvalue weighted by Gasteiger charge is 2.25. The average molecular weight is 438 g/mol. The van der Waals surface area contributed by atoms with Gasteiger partial charge in [0.15, 0.2) is 0 Å². The third-order valence-corrected chi connectivity index (χ3v) is 5.95. The van der Waals surface area contributed by atoms with Crippen LogP contribution in [-0.2, 0) is 0 Å². The van der Waals surface area contributed by atoms with Crippen LogP contribution in [0.5, 0.6) is 0 Å². The summed E-state index contributed by atoms with van der Waals surface area (Å²) in [6.45, 7) is 13.5. The fourth-order valence-corrected chi connectivity index (χ4v) is 4.56. The Labute approximate surface area is 198 Å². The van der Waals surface area contributed by atoms with E-state index in [-0.39, 0.29) is 5.41 Å². The molecule has 3 heteroatoms. The molecule has 33 heavy (non-hydrogen) atoms. The lowest BCUT2D eigenvalue weighted by Crippen LogP contribution is -2.14. The van der Waals surface area contributed by atoms with Gasteiger partial charge in [-0.2, -0.15) is 0 Å². The van der Waals surface area contributed by atoms with Gasteiger partial charge in [-0.25, -0.2) is 4.98 Å². The van der Waals surface area contributed by atoms with Crippen LogP contribution < -0.4 is 10.6 Å². The lowest BCUT2D eigenvalue weighted by atomic mass is 9.81. The number of benzene rings is 3. The van der Waals surface area contributed by atoms with Gasteiger partial charge in [-0.1, -0.05) is 75.2 Å². The lowest BCUT2D eigenvalue weighted by Gasteiger charge is -2.28. The average Bonchev–Trinajstić information content (AvgIpc) is 2.75. The van der Waals surface area contributed by atoms with Gasteiger partial charge in [-0.15, -0.1) is 0 Å². The number of aromatic nitrogens is 1. The molecule has 170 valence electrons. The van der Waals surface area contributed by atoms with E-state index in [1.54, 1.807) is 0 Å². The van der Waals surface area contributed by atoms with Crippen LogP contribution in [-0.4, -0.2) is 4.98 Å². The smallest absolute Gasteiger partial charge is 0.136 e. The molecule has 1 aromatic heterocycles. The van der Waals surface area contributed by atoms with E-state index in [1.165, 1.54) is 16.7 Å². The van der Waals surface area contributed by atoms with Gasteiger partial charge in [-0.05, 0) is 68.0 Å². The summed E-state index contributed by atoms with van der Waals surface area (Å²) < 4.78 is 0. The van der Waals surface area contributed by atoms with Crippen molar-refractivity contribution in [3.63, 3.8) is 0 Å². The lowest BCUT2D eigenvalue weighted by molar-refractivity contribution is 0.349. The van der Waals surface area contributed by atoms with Gasteiger partial charge in [0, 0.05) is 22.3 Å². The van der Waals surface area contributed by atoms with Gasteiger partial charge in [0.1, 0.15) is 5.82 Å². The molecule has 0 aliphatic carbocycles. The number of fused-ring (bicyclic) bond motifs is 1. The predicted octanol–water partition coefficient (Wildman–Crippen LogP) is 8.88. The Morgan fingerprint density at radius 3 is 2.09 bits per heavy atom. The second kappa shape index (κ2) is 9.27. The maximum Gasteiger partial charge on any atom is 0.136 e. The molecular weight excluding hydrogens is 402 g/mol. The first-order valence-corrected chi connectivity index (χ1v) is 11.8. The molecule has 0 saturated heterocycles. The van der Waals surface area contributed by atoms with Crippen molar-refractivity contribution in [2.75, 3.05) is 10.6 Å². The van der Waals surface area contributed by atoms with Crippen LogP contribution in [0, 0.1) is 19.3 Å². The highest BCUT2D eigenvalue weighted by atomic mass is 15.0. The van der Waals surface area contributed by atoms with Crippen LogP contribution in [0.1, 0.15) is 56.7 Å². The summed E-state index contributed by atoms with van der Waals surface area (Å²) >= 11 is 0. The van der Waals surface area contributed by atoms with E-state index in [0.29, 0.717) is 5.92 Å². The molecule has 0 radical (unpaired) electrons. The van der Waals surface area contributed by atoms with Crippen molar-refractivity contribution in [2.45, 2.75) is 53.9 Å². The summed E-state index contributed by atoms with van der Waals surface area (Å²) in [6, 6.07) is 25.4. The predicted molar refractivity (Wildman–Crippen MR) is 143 cm³/mol. The van der Waals surface area contributed by atoms with Gasteiger partial charge in [0.05, 0.1) is 11.2 Å². The third-order valence-electron chi connectivity index (χ3n) is 5.95. The molecule has 4 aromatic rings. The number of pyridine rings is 1. The van der Waals surface area contributed by atoms with Crippen LogP contribution in [0.15, 0.2) is 72.8 Å². The SMILES string of the molecule is Cc1ccc(Nc2c(C(C)CC(C)(C)C)c(Nc3ccccc3)nc3ccc(C)cc23)cc1. The Balaban J connectivity index is 1.94. The second-order valence-corrected chi connectivity index (χ2v) is 10.4. The summed E-state index contributed by atoms with van der Waals surface area (Å²) in [5.41, 5.74) is 8.17. The van der Waals surface area contributed by atoms with Crippen LogP contribution in [0.25, 0.3) is 10.9 Å². The molecule has 2 N–H and O–H groups in total. The molecule has 3 aromatic carbocycles. The molecule has 1 heterocycles. The molecular formula is C30H35N3. The standard InChI is InChI=1S/C30H35N3/c1-20-12-15-24(16-13-20)31-28-25-18-21(2)14-17-26(25)33-29(32-23-10-8-7-9-11-23)27(28)22(3)19-30(4,5)6/h7-18,22H,19H2,1-6H3,(H2,31,32,33). The number of nitrogens with zero attached hydrogens (tertiary/aromatic N) is 1. The third kappa shape index (κ3) is 5.54. The first-order valence-electron chi connectivity index (χ1n) is 11.8. The van der Waals surface area contributed by atoms with Gasteiger partial charge in [0.25, 0.3) is 0 Å². The fraction of sp³-hybridized carbons (Fsp3) is 0.300. The van der Waals surface area contributed by atoms with E-state index in [2.05, 4.69) is 119 Å². The molecule has 0 aliphatic heterocycles. The van der Waals surface area contributed by atoms with Gasteiger partial charge >= 0.3 is 0 Å². The van der Waals surface area contributed by atoms with E-state index >= 15 is 0 Å². The first-order chi connectivity index (χ1) is 15.7. The minimum Gasteiger partial charge on any atom is -0.355 e. The second-order valence-electron chi connectivity index (χ2n) is 10.4. The first kappa shape index (κ1) is 22.8.